The molecule has 2 aromatic rings. The first-order valence-corrected chi connectivity index (χ1v) is 24.2. The normalized spacial score (nSPS) is 41.0. The van der Waals surface area contributed by atoms with E-state index >= 15 is 0 Å². The quantitative estimate of drug-likeness (QED) is 0.233. The molecule has 1 aromatic heterocycles. The molecule has 1 unspecified atom stereocenters. The van der Waals surface area contributed by atoms with Crippen LogP contribution in [-0.2, 0) is 4.79 Å². The van der Waals surface area contributed by atoms with E-state index in [1.54, 1.807) is 0 Å². The first kappa shape index (κ1) is 40.9. The molecule has 4 saturated carbocycles. The van der Waals surface area contributed by atoms with Gasteiger partial charge in [0.1, 0.15) is 12.0 Å². The number of likely N-dealkylation sites (tertiary alicyclic amines) is 1. The number of carboxylic acids is 1. The summed E-state index contributed by atoms with van der Waals surface area (Å²) in [5, 5.41) is 15.9. The maximum atomic E-state index is 12.9. The van der Waals surface area contributed by atoms with E-state index in [9.17, 15) is 9.90 Å². The van der Waals surface area contributed by atoms with E-state index in [0.717, 1.165) is 35.4 Å². The highest BCUT2D eigenvalue weighted by atomic mass is 32.1. The first-order valence-electron chi connectivity index (χ1n) is 23.4. The van der Waals surface area contributed by atoms with Gasteiger partial charge in [-0.3, -0.25) is 4.79 Å². The average molecular weight is 808 g/mol. The molecule has 5 fully saturated rings. The van der Waals surface area contributed by atoms with Crippen LogP contribution in [0.15, 0.2) is 59.7 Å². The van der Waals surface area contributed by atoms with Crippen LogP contribution in [0, 0.1) is 56.7 Å². The number of rotatable bonds is 10. The maximum Gasteiger partial charge on any atom is 0.313 e. The molecule has 6 nitrogen and oxygen atoms in total. The zero-order valence-corrected chi connectivity index (χ0v) is 37.6. The number of hydrogen-bond donors (Lipinski definition) is 2. The Balaban J connectivity index is 0.939. The van der Waals surface area contributed by atoms with Crippen molar-refractivity contribution < 1.29 is 14.6 Å². The third kappa shape index (κ3) is 6.26. The van der Waals surface area contributed by atoms with Crippen LogP contribution in [0.1, 0.15) is 138 Å². The van der Waals surface area contributed by atoms with Crippen molar-refractivity contribution in [3.8, 4) is 5.88 Å². The van der Waals surface area contributed by atoms with Crippen molar-refractivity contribution in [2.24, 2.45) is 56.7 Å². The van der Waals surface area contributed by atoms with Crippen LogP contribution in [0.4, 0.5) is 0 Å². The van der Waals surface area contributed by atoms with Crippen molar-refractivity contribution in [1.82, 2.24) is 14.6 Å². The molecule has 9 rings (SSSR count). The van der Waals surface area contributed by atoms with Crippen LogP contribution in [0.3, 0.4) is 0 Å². The Labute approximate surface area is 353 Å². The molecular weight excluding hydrogens is 735 g/mol. The molecule has 10 atom stereocenters. The van der Waals surface area contributed by atoms with E-state index in [0.29, 0.717) is 53.2 Å². The molecule has 2 heterocycles. The molecule has 0 spiro atoms. The molecule has 316 valence electrons. The third-order valence-corrected chi connectivity index (χ3v) is 20.0. The van der Waals surface area contributed by atoms with Gasteiger partial charge in [-0.1, -0.05) is 77.5 Å². The number of aliphatic carboxylic acids is 1. The van der Waals surface area contributed by atoms with Gasteiger partial charge in [0.15, 0.2) is 0 Å². The second kappa shape index (κ2) is 14.9. The highest BCUT2D eigenvalue weighted by molar-refractivity contribution is 7.13. The zero-order valence-electron chi connectivity index (χ0n) is 36.8. The van der Waals surface area contributed by atoms with Gasteiger partial charge in [-0.2, -0.15) is 4.37 Å². The number of aromatic nitrogens is 1. The minimum Gasteiger partial charge on any atom is -0.481 e. The lowest BCUT2D eigenvalue weighted by molar-refractivity contribution is -0.221. The lowest BCUT2D eigenvalue weighted by Gasteiger charge is -2.72. The molecule has 7 heteroatoms. The van der Waals surface area contributed by atoms with E-state index in [1.165, 1.54) is 119 Å². The Morgan fingerprint density at radius 1 is 0.931 bits per heavy atom. The lowest BCUT2D eigenvalue weighted by atomic mass is 9.33. The number of ether oxygens (including phenoxy) is 1. The third-order valence-electron chi connectivity index (χ3n) is 19.2. The van der Waals surface area contributed by atoms with Crippen molar-refractivity contribution in [1.29, 1.82) is 0 Å². The van der Waals surface area contributed by atoms with E-state index < -0.39 is 11.4 Å². The number of piperidine rings is 1. The average Bonchev–Trinajstić information content (AvgIpc) is 3.80. The monoisotopic (exact) mass is 808 g/mol. The van der Waals surface area contributed by atoms with Gasteiger partial charge in [0, 0.05) is 18.6 Å². The number of allylic oxidation sites excluding steroid dienone is 5. The molecule has 0 amide bonds. The second-order valence-corrected chi connectivity index (χ2v) is 22.8. The number of carbonyl (C=O) groups is 1. The summed E-state index contributed by atoms with van der Waals surface area (Å²) in [6, 6.07) is 8.03. The number of nitrogens with one attached hydrogen (secondary N) is 1. The minimum atomic E-state index is -0.939. The van der Waals surface area contributed by atoms with Gasteiger partial charge in [-0.05, 0) is 196 Å². The van der Waals surface area contributed by atoms with E-state index in [1.807, 2.05) is 24.3 Å². The van der Waals surface area contributed by atoms with E-state index in [-0.39, 0.29) is 23.0 Å². The SMILES string of the molecule is C=C(C)[C@@H]1CC[C@]2(NCCN3CCCCC3)CC[C@]3(C)[C@H](CC[C@@H]4[C@@]5(C)CC=C(C6=CCC(COc7nsc8ccccc78)(C(=O)O)CC6)C(C)(C)[C@@H]5CC[C@]43C)[C@@H]12. The predicted octanol–water partition coefficient (Wildman–Crippen LogP) is 11.9. The Bertz CT molecular complexity index is 1980. The Hall–Kier alpha value is -2.48. The van der Waals surface area contributed by atoms with Crippen molar-refractivity contribution in [3.63, 3.8) is 0 Å². The van der Waals surface area contributed by atoms with Crippen molar-refractivity contribution in [2.75, 3.05) is 32.8 Å². The van der Waals surface area contributed by atoms with E-state index in [2.05, 4.69) is 74.9 Å². The van der Waals surface area contributed by atoms with Crippen LogP contribution in [0.5, 0.6) is 5.88 Å². The molecule has 1 saturated heterocycles. The van der Waals surface area contributed by atoms with Crippen molar-refractivity contribution in [2.45, 2.75) is 143 Å². The highest BCUT2D eigenvalue weighted by Gasteiger charge is 2.70. The number of hydrogen-bond acceptors (Lipinski definition) is 6. The molecule has 0 radical (unpaired) electrons. The number of benzene rings is 1. The van der Waals surface area contributed by atoms with Gasteiger partial charge in [-0.25, -0.2) is 0 Å². The number of nitrogens with zero attached hydrogens (tertiary/aromatic N) is 2. The van der Waals surface area contributed by atoms with Crippen LogP contribution < -0.4 is 10.1 Å². The molecule has 1 aliphatic heterocycles. The fraction of sp³-hybridized carbons (Fsp3) is 0.725. The molecule has 58 heavy (non-hydrogen) atoms. The summed E-state index contributed by atoms with van der Waals surface area (Å²) in [5.74, 6) is 3.20. The summed E-state index contributed by atoms with van der Waals surface area (Å²) in [7, 11) is 0. The Morgan fingerprint density at radius 2 is 1.72 bits per heavy atom. The van der Waals surface area contributed by atoms with E-state index in [4.69, 9.17) is 4.74 Å². The lowest BCUT2D eigenvalue weighted by Crippen LogP contribution is -2.68. The summed E-state index contributed by atoms with van der Waals surface area (Å²) >= 11 is 1.41. The molecule has 1 aromatic carbocycles. The Kier molecular flexibility index (Phi) is 10.5. The molecular formula is C51H73N3O3S. The molecule has 0 bridgehead atoms. The van der Waals surface area contributed by atoms with Gasteiger partial charge in [0.25, 0.3) is 0 Å². The maximum absolute atomic E-state index is 12.9. The summed E-state index contributed by atoms with van der Waals surface area (Å²) in [5.41, 5.74) is 4.58. The smallest absolute Gasteiger partial charge is 0.313 e. The summed E-state index contributed by atoms with van der Waals surface area (Å²) in [6.45, 7) is 25.4. The highest BCUT2D eigenvalue weighted by Crippen LogP contribution is 2.76. The minimum absolute atomic E-state index is 0.0354. The van der Waals surface area contributed by atoms with Gasteiger partial charge < -0.3 is 20.1 Å². The summed E-state index contributed by atoms with van der Waals surface area (Å²) in [4.78, 5) is 15.6. The van der Waals surface area contributed by atoms with Crippen LogP contribution in [0.2, 0.25) is 0 Å². The summed E-state index contributed by atoms with van der Waals surface area (Å²) < 4.78 is 11.8. The largest absolute Gasteiger partial charge is 0.481 e. The predicted molar refractivity (Wildman–Crippen MR) is 238 cm³/mol. The van der Waals surface area contributed by atoms with Gasteiger partial charge in [0.2, 0.25) is 5.88 Å². The summed E-state index contributed by atoms with van der Waals surface area (Å²) in [6.07, 6.45) is 22.7. The molecule has 6 aliphatic carbocycles. The number of carboxylic acid groups (broad SMARTS) is 1. The van der Waals surface area contributed by atoms with Crippen molar-refractivity contribution in [3.05, 3.63) is 59.7 Å². The topological polar surface area (TPSA) is 74.7 Å². The molecule has 2 N–H and O–H groups in total. The second-order valence-electron chi connectivity index (χ2n) is 22.0. The van der Waals surface area contributed by atoms with Gasteiger partial charge in [0.05, 0.1) is 10.1 Å². The number of fused-ring (bicyclic) bond motifs is 8. The van der Waals surface area contributed by atoms with Crippen molar-refractivity contribution >= 4 is 27.6 Å². The fourth-order valence-corrected chi connectivity index (χ4v) is 16.7. The van der Waals surface area contributed by atoms with Crippen LogP contribution in [-0.4, -0.2) is 58.7 Å². The van der Waals surface area contributed by atoms with Crippen LogP contribution >= 0.6 is 11.5 Å². The first-order chi connectivity index (χ1) is 27.7. The van der Waals surface area contributed by atoms with Gasteiger partial charge >= 0.3 is 5.97 Å². The van der Waals surface area contributed by atoms with Gasteiger partial charge in [-0.15, -0.1) is 0 Å². The van der Waals surface area contributed by atoms with Crippen LogP contribution in [0.25, 0.3) is 10.1 Å². The molecule has 7 aliphatic rings. The Morgan fingerprint density at radius 3 is 2.47 bits per heavy atom. The standard InChI is InChI=1S/C51H73N3O3S/c1-34(2)36-19-26-51(52-29-32-54-30-11-8-12-31-54)28-27-48(6)39(43(36)51)15-16-42-47(5)22-20-38(46(3,4)41(47)21-23-49(42,48)7)35-17-24-50(25-18-35,45(55)56)33-57-44-37-13-9-10-14-40(37)58-53-44/h9-10,13-14,17,20,36,39,41-43,52H,1,8,11-12,15-16,18-19,21-33H2,2-7H3,(H,55,56)/t36-,39+,41-,42+,43+,47-,48+,49+,50?,51-/m0/s1. The zero-order chi connectivity index (χ0) is 40.7. The fourth-order valence-electron chi connectivity index (χ4n) is 16.0.